The van der Waals surface area contributed by atoms with Crippen LogP contribution in [-0.2, 0) is 13.0 Å². The van der Waals surface area contributed by atoms with Crippen molar-refractivity contribution in [2.75, 3.05) is 0 Å². The van der Waals surface area contributed by atoms with Gasteiger partial charge in [0.1, 0.15) is 23.8 Å². The molecule has 24 heavy (non-hydrogen) atoms. The molecule has 5 nitrogen and oxygen atoms in total. The summed E-state index contributed by atoms with van der Waals surface area (Å²) in [5.41, 5.74) is 1.95. The lowest BCUT2D eigenvalue weighted by atomic mass is 10.1. The van der Waals surface area contributed by atoms with E-state index in [1.54, 1.807) is 18.4 Å². The summed E-state index contributed by atoms with van der Waals surface area (Å²) in [7, 11) is 0. The normalized spacial score (nSPS) is 10.5. The van der Waals surface area contributed by atoms with E-state index >= 15 is 0 Å². The third-order valence-corrected chi connectivity index (χ3v) is 3.68. The molecule has 0 aliphatic rings. The Morgan fingerprint density at radius 3 is 2.75 bits per heavy atom. The number of unbranched alkanes of at least 4 members (excludes halogenated alkanes) is 1. The van der Waals surface area contributed by atoms with Crippen molar-refractivity contribution >= 4 is 0 Å². The van der Waals surface area contributed by atoms with Crippen molar-refractivity contribution in [3.05, 3.63) is 59.7 Å². The zero-order valence-electron chi connectivity index (χ0n) is 13.5. The van der Waals surface area contributed by atoms with Gasteiger partial charge in [-0.3, -0.25) is 0 Å². The third kappa shape index (κ3) is 3.85. The van der Waals surface area contributed by atoms with Gasteiger partial charge in [0.15, 0.2) is 5.76 Å². The van der Waals surface area contributed by atoms with Crippen LogP contribution in [0.25, 0.3) is 11.7 Å². The van der Waals surface area contributed by atoms with Gasteiger partial charge >= 0.3 is 0 Å². The minimum atomic E-state index is 0.337. The van der Waals surface area contributed by atoms with Gasteiger partial charge < -0.3 is 13.6 Å². The molecule has 3 rings (SSSR count). The monoisotopic (exact) mass is 322 g/mol. The number of hydrogen-bond donors (Lipinski definition) is 0. The Bertz CT molecular complexity index is 811. The molecule has 1 aromatic carbocycles. The first kappa shape index (κ1) is 15.9. The third-order valence-electron chi connectivity index (χ3n) is 3.68. The van der Waals surface area contributed by atoms with Crippen LogP contribution in [0.1, 0.15) is 29.9 Å². The van der Waals surface area contributed by atoms with E-state index in [-0.39, 0.29) is 0 Å². The molecule has 0 bridgehead atoms. The molecule has 0 saturated carbocycles. The Balaban J connectivity index is 1.59. The van der Waals surface area contributed by atoms with Gasteiger partial charge in [0.05, 0.1) is 12.3 Å². The van der Waals surface area contributed by atoms with Crippen molar-refractivity contribution in [3.63, 3.8) is 0 Å². The van der Waals surface area contributed by atoms with Crippen molar-refractivity contribution in [2.45, 2.75) is 32.8 Å². The lowest BCUT2D eigenvalue weighted by Gasteiger charge is -2.05. The molecule has 3 aromatic rings. The number of aromatic nitrogens is 1. The number of furan rings is 1. The number of rotatable bonds is 7. The molecule has 0 N–H and O–H groups in total. The lowest BCUT2D eigenvalue weighted by molar-refractivity contribution is 0.299. The molecule has 0 atom stereocenters. The highest BCUT2D eigenvalue weighted by molar-refractivity contribution is 5.44. The fraction of sp³-hybridized carbons (Fsp3) is 0.263. The second-order valence-electron chi connectivity index (χ2n) is 5.44. The number of nitrogens with zero attached hydrogens (tertiary/aromatic N) is 2. The van der Waals surface area contributed by atoms with E-state index in [1.807, 2.05) is 31.2 Å². The summed E-state index contributed by atoms with van der Waals surface area (Å²) >= 11 is 0. The Kier molecular flexibility index (Phi) is 4.97. The van der Waals surface area contributed by atoms with Crippen molar-refractivity contribution in [2.24, 2.45) is 0 Å². The number of benzene rings is 1. The average Bonchev–Trinajstić information content (AvgIpc) is 3.24. The van der Waals surface area contributed by atoms with Gasteiger partial charge in [0, 0.05) is 6.42 Å². The van der Waals surface area contributed by atoms with Crippen LogP contribution >= 0.6 is 0 Å². The molecular weight excluding hydrogens is 304 g/mol. The van der Waals surface area contributed by atoms with E-state index in [0.717, 1.165) is 30.0 Å². The smallest absolute Gasteiger partial charge is 0.263 e. The molecule has 0 fully saturated rings. The minimum absolute atomic E-state index is 0.337. The van der Waals surface area contributed by atoms with Crippen LogP contribution in [0.5, 0.6) is 5.75 Å². The first-order valence-electron chi connectivity index (χ1n) is 7.85. The quantitative estimate of drug-likeness (QED) is 0.591. The Hall–Kier alpha value is -3.00. The van der Waals surface area contributed by atoms with Gasteiger partial charge in [-0.05, 0) is 49.6 Å². The molecule has 2 aromatic heterocycles. The SMILES string of the molecule is Cc1oc(-c2ccco2)nc1COc1ccc(CCCC#N)cc1. The van der Waals surface area contributed by atoms with Gasteiger partial charge in [-0.25, -0.2) is 4.98 Å². The minimum Gasteiger partial charge on any atom is -0.487 e. The van der Waals surface area contributed by atoms with E-state index in [2.05, 4.69) is 11.1 Å². The van der Waals surface area contributed by atoms with Gasteiger partial charge in [0.25, 0.3) is 5.89 Å². The van der Waals surface area contributed by atoms with E-state index in [4.69, 9.17) is 18.8 Å². The number of nitriles is 1. The van der Waals surface area contributed by atoms with Crippen LogP contribution in [0, 0.1) is 18.3 Å². The molecule has 122 valence electrons. The van der Waals surface area contributed by atoms with Crippen molar-refractivity contribution in [1.29, 1.82) is 5.26 Å². The predicted octanol–water partition coefficient (Wildman–Crippen LogP) is 4.67. The number of oxazole rings is 1. The van der Waals surface area contributed by atoms with E-state index in [1.165, 1.54) is 5.56 Å². The highest BCUT2D eigenvalue weighted by Gasteiger charge is 2.13. The van der Waals surface area contributed by atoms with Gasteiger partial charge in [-0.15, -0.1) is 0 Å². The summed E-state index contributed by atoms with van der Waals surface area (Å²) in [6.45, 7) is 2.19. The maximum Gasteiger partial charge on any atom is 0.263 e. The molecule has 0 amide bonds. The van der Waals surface area contributed by atoms with Crippen LogP contribution < -0.4 is 4.74 Å². The summed E-state index contributed by atoms with van der Waals surface area (Å²) < 4.78 is 16.7. The van der Waals surface area contributed by atoms with E-state index < -0.39 is 0 Å². The molecule has 0 spiro atoms. The average molecular weight is 322 g/mol. The highest BCUT2D eigenvalue weighted by atomic mass is 16.5. The molecule has 0 aliphatic heterocycles. The van der Waals surface area contributed by atoms with Crippen molar-refractivity contribution < 1.29 is 13.6 Å². The second kappa shape index (κ2) is 7.51. The second-order valence-corrected chi connectivity index (χ2v) is 5.44. The molecule has 2 heterocycles. The standard InChI is InChI=1S/C19H18N2O3/c1-14-17(21-19(24-14)18-6-4-12-22-18)13-23-16-9-7-15(8-10-16)5-2-3-11-20/h4,6-10,12H,2-3,5,13H2,1H3. The summed E-state index contributed by atoms with van der Waals surface area (Å²) in [4.78, 5) is 4.42. The molecule has 0 radical (unpaired) electrons. The zero-order chi connectivity index (χ0) is 16.8. The largest absolute Gasteiger partial charge is 0.487 e. The molecular formula is C19H18N2O3. The highest BCUT2D eigenvalue weighted by Crippen LogP contribution is 2.23. The lowest BCUT2D eigenvalue weighted by Crippen LogP contribution is -1.97. The van der Waals surface area contributed by atoms with E-state index in [0.29, 0.717) is 24.7 Å². The Labute approximate surface area is 140 Å². The van der Waals surface area contributed by atoms with Crippen LogP contribution in [0.2, 0.25) is 0 Å². The maximum absolute atomic E-state index is 8.56. The Morgan fingerprint density at radius 2 is 2.04 bits per heavy atom. The van der Waals surface area contributed by atoms with Crippen LogP contribution in [0.3, 0.4) is 0 Å². The molecule has 0 aliphatic carbocycles. The van der Waals surface area contributed by atoms with Gasteiger partial charge in [-0.1, -0.05) is 12.1 Å². The number of ether oxygens (including phenoxy) is 1. The molecule has 0 unspecified atom stereocenters. The number of hydrogen-bond acceptors (Lipinski definition) is 5. The topological polar surface area (TPSA) is 72.2 Å². The Morgan fingerprint density at radius 1 is 1.21 bits per heavy atom. The zero-order valence-corrected chi connectivity index (χ0v) is 13.5. The van der Waals surface area contributed by atoms with Crippen LogP contribution in [0.15, 0.2) is 51.5 Å². The fourth-order valence-electron chi connectivity index (χ4n) is 2.34. The number of aryl methyl sites for hydroxylation is 2. The van der Waals surface area contributed by atoms with Crippen molar-refractivity contribution in [3.8, 4) is 23.5 Å². The predicted molar refractivity (Wildman–Crippen MR) is 88.3 cm³/mol. The van der Waals surface area contributed by atoms with Gasteiger partial charge in [-0.2, -0.15) is 5.26 Å². The van der Waals surface area contributed by atoms with Crippen LogP contribution in [-0.4, -0.2) is 4.98 Å². The van der Waals surface area contributed by atoms with Gasteiger partial charge in [0.2, 0.25) is 0 Å². The summed E-state index contributed by atoms with van der Waals surface area (Å²) in [5, 5.41) is 8.56. The maximum atomic E-state index is 8.56. The first-order valence-corrected chi connectivity index (χ1v) is 7.85. The molecule has 5 heteroatoms. The van der Waals surface area contributed by atoms with E-state index in [9.17, 15) is 0 Å². The fourth-order valence-corrected chi connectivity index (χ4v) is 2.34. The van der Waals surface area contributed by atoms with Crippen molar-refractivity contribution in [1.82, 2.24) is 4.98 Å². The summed E-state index contributed by atoms with van der Waals surface area (Å²) in [6, 6.07) is 13.7. The molecule has 0 saturated heterocycles. The summed E-state index contributed by atoms with van der Waals surface area (Å²) in [5.74, 6) is 2.56. The van der Waals surface area contributed by atoms with Crippen LogP contribution in [0.4, 0.5) is 0 Å². The summed E-state index contributed by atoms with van der Waals surface area (Å²) in [6.07, 6.45) is 3.96. The first-order chi connectivity index (χ1) is 11.8.